The molecule has 5 nitrogen and oxygen atoms in total. The van der Waals surface area contributed by atoms with Crippen LogP contribution in [-0.4, -0.2) is 39.0 Å². The molecule has 1 fully saturated rings. The molecule has 2 aromatic rings. The van der Waals surface area contributed by atoms with Crippen molar-refractivity contribution in [2.24, 2.45) is 0 Å². The van der Waals surface area contributed by atoms with Crippen LogP contribution in [0.3, 0.4) is 0 Å². The number of hydrogen-bond donors (Lipinski definition) is 1. The first-order valence-electron chi connectivity index (χ1n) is 9.87. The third-order valence-corrected chi connectivity index (χ3v) is 6.94. The molecular weight excluding hydrogens is 372 g/mol. The molecule has 1 N–H and O–H groups in total. The summed E-state index contributed by atoms with van der Waals surface area (Å²) in [4.78, 5) is 0. The molecule has 2 aromatic carbocycles. The van der Waals surface area contributed by atoms with Crippen LogP contribution in [0.2, 0.25) is 0 Å². The molecule has 0 amide bonds. The van der Waals surface area contributed by atoms with Crippen molar-refractivity contribution in [1.82, 2.24) is 9.62 Å². The maximum Gasteiger partial charge on any atom is 0.218 e. The average Bonchev–Trinajstić information content (AvgIpc) is 2.70. The second-order valence-electron chi connectivity index (χ2n) is 7.54. The Morgan fingerprint density at radius 1 is 0.964 bits per heavy atom. The molecule has 0 saturated carbocycles. The van der Waals surface area contributed by atoms with Crippen molar-refractivity contribution < 1.29 is 13.2 Å². The minimum atomic E-state index is -3.32. The first-order chi connectivity index (χ1) is 13.5. The third kappa shape index (κ3) is 5.64. The van der Waals surface area contributed by atoms with Crippen molar-refractivity contribution in [3.05, 3.63) is 70.8 Å². The number of benzene rings is 2. The van der Waals surface area contributed by atoms with Crippen LogP contribution in [0.4, 0.5) is 0 Å². The normalized spacial score (nSPS) is 15.8. The number of rotatable bonds is 8. The first-order valence-corrected chi connectivity index (χ1v) is 11.5. The molecule has 1 aliphatic heterocycles. The van der Waals surface area contributed by atoms with Crippen LogP contribution >= 0.6 is 0 Å². The lowest BCUT2D eigenvalue weighted by Crippen LogP contribution is -2.41. The van der Waals surface area contributed by atoms with E-state index in [-0.39, 0.29) is 5.75 Å². The molecule has 0 spiro atoms. The van der Waals surface area contributed by atoms with Gasteiger partial charge in [0.25, 0.3) is 0 Å². The van der Waals surface area contributed by atoms with E-state index in [1.54, 1.807) is 0 Å². The first kappa shape index (κ1) is 21.0. The highest BCUT2D eigenvalue weighted by Gasteiger charge is 2.25. The fourth-order valence-corrected chi connectivity index (χ4v) is 4.91. The Bertz CT molecular complexity index is 858. The predicted octanol–water partition coefficient (Wildman–Crippen LogP) is 3.26. The molecule has 1 saturated heterocycles. The summed E-state index contributed by atoms with van der Waals surface area (Å²) < 4.78 is 32.3. The fourth-order valence-electron chi connectivity index (χ4n) is 3.35. The van der Waals surface area contributed by atoms with Gasteiger partial charge in [0.2, 0.25) is 10.0 Å². The zero-order valence-electron chi connectivity index (χ0n) is 16.7. The molecule has 0 aromatic heterocycles. The van der Waals surface area contributed by atoms with Crippen LogP contribution in [0, 0.1) is 0 Å². The Labute approximate surface area is 168 Å². The third-order valence-electron chi connectivity index (χ3n) is 5.11. The quantitative estimate of drug-likeness (QED) is 0.736. The van der Waals surface area contributed by atoms with E-state index < -0.39 is 10.0 Å². The lowest BCUT2D eigenvalue weighted by molar-refractivity contribution is 0.0729. The Kier molecular flexibility index (Phi) is 7.24. The maximum absolute atomic E-state index is 12.7. The lowest BCUT2D eigenvalue weighted by atomic mass is 10.0. The van der Waals surface area contributed by atoms with E-state index in [4.69, 9.17) is 4.74 Å². The standard InChI is InChI=1S/C22H30N2O3S/c1-18(2)20-9-7-19(8-10-20)15-23-16-21-5-3-4-6-22(21)17-28(25,26)24-11-13-27-14-12-24/h3-10,18,23H,11-17H2,1-2H3. The Hall–Kier alpha value is -1.73. The zero-order chi connectivity index (χ0) is 20.0. The minimum Gasteiger partial charge on any atom is -0.379 e. The molecule has 3 rings (SSSR count). The molecule has 1 aliphatic rings. The molecule has 6 heteroatoms. The van der Waals surface area contributed by atoms with Crippen molar-refractivity contribution in [2.75, 3.05) is 26.3 Å². The largest absolute Gasteiger partial charge is 0.379 e. The summed E-state index contributed by atoms with van der Waals surface area (Å²) in [6.45, 7) is 7.59. The molecule has 0 radical (unpaired) electrons. The number of nitrogens with zero attached hydrogens (tertiary/aromatic N) is 1. The van der Waals surface area contributed by atoms with Gasteiger partial charge in [-0.2, -0.15) is 4.31 Å². The molecule has 1 heterocycles. The summed E-state index contributed by atoms with van der Waals surface area (Å²) in [5.41, 5.74) is 4.44. The Morgan fingerprint density at radius 3 is 2.25 bits per heavy atom. The van der Waals surface area contributed by atoms with Crippen molar-refractivity contribution in [3.63, 3.8) is 0 Å². The average molecular weight is 403 g/mol. The predicted molar refractivity (Wildman–Crippen MR) is 113 cm³/mol. The van der Waals surface area contributed by atoms with E-state index in [1.807, 2.05) is 24.3 Å². The van der Waals surface area contributed by atoms with Crippen LogP contribution in [0.25, 0.3) is 0 Å². The van der Waals surface area contributed by atoms with E-state index >= 15 is 0 Å². The van der Waals surface area contributed by atoms with Crippen molar-refractivity contribution in [1.29, 1.82) is 0 Å². The molecule has 0 atom stereocenters. The zero-order valence-corrected chi connectivity index (χ0v) is 17.5. The highest BCUT2D eigenvalue weighted by molar-refractivity contribution is 7.88. The second-order valence-corrected chi connectivity index (χ2v) is 9.51. The van der Waals surface area contributed by atoms with Crippen LogP contribution in [0.5, 0.6) is 0 Å². The summed E-state index contributed by atoms with van der Waals surface area (Å²) in [7, 11) is -3.32. The van der Waals surface area contributed by atoms with Gasteiger partial charge >= 0.3 is 0 Å². The van der Waals surface area contributed by atoms with Gasteiger partial charge in [-0.3, -0.25) is 0 Å². The molecule has 0 aliphatic carbocycles. The van der Waals surface area contributed by atoms with Gasteiger partial charge in [-0.05, 0) is 28.2 Å². The number of hydrogen-bond acceptors (Lipinski definition) is 4. The van der Waals surface area contributed by atoms with E-state index in [0.717, 1.165) is 17.7 Å². The van der Waals surface area contributed by atoms with Crippen molar-refractivity contribution >= 4 is 10.0 Å². The van der Waals surface area contributed by atoms with Gasteiger partial charge in [-0.1, -0.05) is 62.4 Å². The van der Waals surface area contributed by atoms with Gasteiger partial charge < -0.3 is 10.1 Å². The smallest absolute Gasteiger partial charge is 0.218 e. The summed E-state index contributed by atoms with van der Waals surface area (Å²) in [5, 5.41) is 3.44. The van der Waals surface area contributed by atoms with Crippen molar-refractivity contribution in [2.45, 2.75) is 38.6 Å². The maximum atomic E-state index is 12.7. The number of sulfonamides is 1. The topological polar surface area (TPSA) is 58.6 Å². The fraction of sp³-hybridized carbons (Fsp3) is 0.455. The van der Waals surface area contributed by atoms with Gasteiger partial charge in [0.15, 0.2) is 0 Å². The summed E-state index contributed by atoms with van der Waals surface area (Å²) in [6, 6.07) is 16.4. The summed E-state index contributed by atoms with van der Waals surface area (Å²) in [6.07, 6.45) is 0. The Morgan fingerprint density at radius 2 is 1.61 bits per heavy atom. The summed E-state index contributed by atoms with van der Waals surface area (Å²) in [5.74, 6) is 0.566. The monoisotopic (exact) mass is 402 g/mol. The van der Waals surface area contributed by atoms with E-state index in [2.05, 4.69) is 43.4 Å². The molecule has 28 heavy (non-hydrogen) atoms. The second kappa shape index (κ2) is 9.65. The SMILES string of the molecule is CC(C)c1ccc(CNCc2ccccc2CS(=O)(=O)N2CCOCC2)cc1. The molecule has 152 valence electrons. The number of morpholine rings is 1. The van der Waals surface area contributed by atoms with E-state index in [0.29, 0.717) is 38.8 Å². The lowest BCUT2D eigenvalue weighted by Gasteiger charge is -2.26. The van der Waals surface area contributed by atoms with E-state index in [9.17, 15) is 8.42 Å². The van der Waals surface area contributed by atoms with Crippen LogP contribution in [-0.2, 0) is 33.6 Å². The van der Waals surface area contributed by atoms with Gasteiger partial charge in [0.05, 0.1) is 19.0 Å². The summed E-state index contributed by atoms with van der Waals surface area (Å²) >= 11 is 0. The van der Waals surface area contributed by atoms with Crippen LogP contribution in [0.15, 0.2) is 48.5 Å². The van der Waals surface area contributed by atoms with Gasteiger partial charge in [-0.25, -0.2) is 8.42 Å². The highest BCUT2D eigenvalue weighted by atomic mass is 32.2. The van der Waals surface area contributed by atoms with Crippen LogP contribution < -0.4 is 5.32 Å². The van der Waals surface area contributed by atoms with E-state index in [1.165, 1.54) is 15.4 Å². The number of nitrogens with one attached hydrogen (secondary N) is 1. The van der Waals surface area contributed by atoms with Crippen LogP contribution in [0.1, 0.15) is 42.0 Å². The number of ether oxygens (including phenoxy) is 1. The van der Waals surface area contributed by atoms with Gasteiger partial charge in [0.1, 0.15) is 0 Å². The minimum absolute atomic E-state index is 0.0357. The Balaban J connectivity index is 1.60. The molecular formula is C22H30N2O3S. The highest BCUT2D eigenvalue weighted by Crippen LogP contribution is 2.17. The molecule has 0 bridgehead atoms. The van der Waals surface area contributed by atoms with Crippen molar-refractivity contribution in [3.8, 4) is 0 Å². The van der Waals surface area contributed by atoms with Gasteiger partial charge in [-0.15, -0.1) is 0 Å². The molecule has 0 unspecified atom stereocenters. The van der Waals surface area contributed by atoms with Gasteiger partial charge in [0, 0.05) is 26.2 Å².